The Morgan fingerprint density at radius 2 is 1.86 bits per heavy atom. The minimum atomic E-state index is -0.618. The van der Waals surface area contributed by atoms with Crippen molar-refractivity contribution in [3.8, 4) is 0 Å². The van der Waals surface area contributed by atoms with E-state index in [9.17, 15) is 5.11 Å². The predicted octanol–water partition coefficient (Wildman–Crippen LogP) is 4.79. The van der Waals surface area contributed by atoms with Gasteiger partial charge in [-0.3, -0.25) is 0 Å². The zero-order chi connectivity index (χ0) is 15.0. The summed E-state index contributed by atoms with van der Waals surface area (Å²) in [6.45, 7) is 6.44. The normalized spacial score (nSPS) is 17.5. The number of hydrogen-bond acceptors (Lipinski definition) is 3. The summed E-state index contributed by atoms with van der Waals surface area (Å²) in [5, 5.41) is 13.6. The molecule has 1 atom stereocenters. The number of rotatable bonds is 3. The van der Waals surface area contributed by atoms with E-state index >= 15 is 0 Å². The maximum Gasteiger partial charge on any atom is 0.122 e. The highest BCUT2D eigenvalue weighted by molar-refractivity contribution is 7.09. The van der Waals surface area contributed by atoms with Crippen LogP contribution in [0.25, 0.3) is 0 Å². The summed E-state index contributed by atoms with van der Waals surface area (Å²) in [5.74, 6) is 0.739. The molecule has 3 rings (SSSR count). The number of nitrogens with zero attached hydrogens (tertiary/aromatic N) is 1. The predicted molar refractivity (Wildman–Crippen MR) is 87.9 cm³/mol. The van der Waals surface area contributed by atoms with Crippen molar-refractivity contribution in [1.29, 1.82) is 0 Å². The molecule has 3 heteroatoms. The van der Waals surface area contributed by atoms with Crippen molar-refractivity contribution in [3.05, 3.63) is 51.5 Å². The topological polar surface area (TPSA) is 33.1 Å². The van der Waals surface area contributed by atoms with Crippen LogP contribution in [0.2, 0.25) is 0 Å². The van der Waals surface area contributed by atoms with Crippen LogP contribution in [0, 0.1) is 0 Å². The van der Waals surface area contributed by atoms with Crippen LogP contribution in [0.3, 0.4) is 0 Å². The molecule has 1 fully saturated rings. The highest BCUT2D eigenvalue weighted by atomic mass is 32.1. The van der Waals surface area contributed by atoms with Gasteiger partial charge in [0.15, 0.2) is 0 Å². The van der Waals surface area contributed by atoms with Crippen LogP contribution in [-0.4, -0.2) is 10.1 Å². The van der Waals surface area contributed by atoms with Crippen LogP contribution in [-0.2, 0) is 5.41 Å². The Bertz CT molecular complexity index is 605. The molecule has 1 saturated carbocycles. The van der Waals surface area contributed by atoms with Gasteiger partial charge in [-0.1, -0.05) is 51.5 Å². The smallest absolute Gasteiger partial charge is 0.122 e. The van der Waals surface area contributed by atoms with Crippen LogP contribution in [0.15, 0.2) is 29.6 Å². The molecule has 0 saturated heterocycles. The summed E-state index contributed by atoms with van der Waals surface area (Å²) in [6, 6.07) is 8.43. The van der Waals surface area contributed by atoms with Crippen LogP contribution < -0.4 is 0 Å². The van der Waals surface area contributed by atoms with Gasteiger partial charge in [0, 0.05) is 10.8 Å². The van der Waals surface area contributed by atoms with Gasteiger partial charge in [-0.25, -0.2) is 4.98 Å². The molecular weight excluding hydrogens is 278 g/mol. The average Bonchev–Trinajstić information content (AvgIpc) is 2.86. The molecule has 1 aromatic carbocycles. The van der Waals surface area contributed by atoms with E-state index in [0.717, 1.165) is 22.2 Å². The quantitative estimate of drug-likeness (QED) is 0.884. The SMILES string of the molecule is CC(C)(C)c1nc(C(O)c2ccc(C3CCC3)cc2)cs1. The van der Waals surface area contributed by atoms with Crippen LogP contribution in [0.1, 0.15) is 73.9 Å². The maximum absolute atomic E-state index is 10.5. The van der Waals surface area contributed by atoms with Gasteiger partial charge >= 0.3 is 0 Å². The number of hydrogen-bond donors (Lipinski definition) is 1. The first kappa shape index (κ1) is 14.7. The first-order valence-corrected chi connectivity index (χ1v) is 8.57. The van der Waals surface area contributed by atoms with Crippen molar-refractivity contribution in [3.63, 3.8) is 0 Å². The Kier molecular flexibility index (Phi) is 3.89. The second-order valence-corrected chi connectivity index (χ2v) is 7.88. The van der Waals surface area contributed by atoms with Crippen LogP contribution >= 0.6 is 11.3 Å². The van der Waals surface area contributed by atoms with Gasteiger partial charge < -0.3 is 5.11 Å². The molecule has 1 unspecified atom stereocenters. The van der Waals surface area contributed by atoms with Crippen LogP contribution in [0.4, 0.5) is 0 Å². The lowest BCUT2D eigenvalue weighted by Gasteiger charge is -2.26. The largest absolute Gasteiger partial charge is 0.382 e. The second kappa shape index (κ2) is 5.54. The van der Waals surface area contributed by atoms with E-state index in [2.05, 4.69) is 50.0 Å². The third kappa shape index (κ3) is 3.04. The number of aliphatic hydroxyl groups excluding tert-OH is 1. The first-order chi connectivity index (χ1) is 9.95. The van der Waals surface area contributed by atoms with Gasteiger partial charge in [0.2, 0.25) is 0 Å². The van der Waals surface area contributed by atoms with E-state index in [0.29, 0.717) is 0 Å². The van der Waals surface area contributed by atoms with Crippen LogP contribution in [0.5, 0.6) is 0 Å². The fourth-order valence-corrected chi connectivity index (χ4v) is 3.54. The molecule has 1 heterocycles. The fraction of sp³-hybridized carbons (Fsp3) is 0.500. The van der Waals surface area contributed by atoms with E-state index in [-0.39, 0.29) is 5.41 Å². The summed E-state index contributed by atoms with van der Waals surface area (Å²) >= 11 is 1.63. The van der Waals surface area contributed by atoms with E-state index in [4.69, 9.17) is 0 Å². The van der Waals surface area contributed by atoms with Crippen molar-refractivity contribution in [1.82, 2.24) is 4.98 Å². The Morgan fingerprint density at radius 3 is 2.33 bits per heavy atom. The second-order valence-electron chi connectivity index (χ2n) is 7.02. The molecule has 1 aliphatic rings. The fourth-order valence-electron chi connectivity index (χ4n) is 2.62. The third-order valence-corrected chi connectivity index (χ3v) is 5.56. The summed E-state index contributed by atoms with van der Waals surface area (Å²) in [5.41, 5.74) is 3.15. The van der Waals surface area contributed by atoms with E-state index < -0.39 is 6.10 Å². The summed E-state index contributed by atoms with van der Waals surface area (Å²) in [6.07, 6.45) is 3.35. The van der Waals surface area contributed by atoms with Gasteiger partial charge in [-0.15, -0.1) is 11.3 Å². The molecule has 1 aliphatic carbocycles. The monoisotopic (exact) mass is 301 g/mol. The molecule has 0 radical (unpaired) electrons. The third-order valence-electron chi connectivity index (χ3n) is 4.27. The van der Waals surface area contributed by atoms with Crippen molar-refractivity contribution in [2.45, 2.75) is 57.5 Å². The maximum atomic E-state index is 10.5. The minimum absolute atomic E-state index is 0.0384. The molecule has 0 spiro atoms. The summed E-state index contributed by atoms with van der Waals surface area (Å²) in [4.78, 5) is 4.61. The van der Waals surface area contributed by atoms with E-state index in [1.165, 1.54) is 24.8 Å². The Morgan fingerprint density at radius 1 is 1.19 bits per heavy atom. The average molecular weight is 301 g/mol. The Hall–Kier alpha value is -1.19. The molecule has 0 amide bonds. The molecular formula is C18H23NOS. The number of aliphatic hydroxyl groups is 1. The zero-order valence-corrected chi connectivity index (χ0v) is 13.8. The molecule has 21 heavy (non-hydrogen) atoms. The van der Waals surface area contributed by atoms with Gasteiger partial charge in [0.1, 0.15) is 6.10 Å². The van der Waals surface area contributed by atoms with Gasteiger partial charge in [0.05, 0.1) is 10.7 Å². The molecule has 2 aromatic rings. The molecule has 1 N–H and O–H groups in total. The first-order valence-electron chi connectivity index (χ1n) is 7.69. The lowest BCUT2D eigenvalue weighted by Crippen LogP contribution is -2.11. The molecule has 1 aromatic heterocycles. The minimum Gasteiger partial charge on any atom is -0.382 e. The lowest BCUT2D eigenvalue weighted by molar-refractivity contribution is 0.215. The van der Waals surface area contributed by atoms with Gasteiger partial charge in [0.25, 0.3) is 0 Å². The number of aromatic nitrogens is 1. The highest BCUT2D eigenvalue weighted by Crippen LogP contribution is 2.37. The number of thiazole rings is 1. The van der Waals surface area contributed by atoms with Crippen molar-refractivity contribution in [2.24, 2.45) is 0 Å². The van der Waals surface area contributed by atoms with Gasteiger partial charge in [-0.2, -0.15) is 0 Å². The van der Waals surface area contributed by atoms with Crippen molar-refractivity contribution < 1.29 is 5.11 Å². The summed E-state index contributed by atoms with van der Waals surface area (Å²) < 4.78 is 0. The Balaban J connectivity index is 1.78. The van der Waals surface area contributed by atoms with Crippen molar-refractivity contribution in [2.75, 3.05) is 0 Å². The molecule has 0 aliphatic heterocycles. The van der Waals surface area contributed by atoms with E-state index in [1.54, 1.807) is 11.3 Å². The Labute approximate surface area is 130 Å². The van der Waals surface area contributed by atoms with Crippen molar-refractivity contribution >= 4 is 11.3 Å². The number of benzene rings is 1. The molecule has 2 nitrogen and oxygen atoms in total. The summed E-state index contributed by atoms with van der Waals surface area (Å²) in [7, 11) is 0. The van der Waals surface area contributed by atoms with Gasteiger partial charge in [-0.05, 0) is 29.9 Å². The molecule has 0 bridgehead atoms. The molecule has 112 valence electrons. The van der Waals surface area contributed by atoms with E-state index in [1.807, 2.05) is 5.38 Å². The standard InChI is InChI=1S/C18H23NOS/c1-18(2,3)17-19-15(11-21-17)16(20)14-9-7-13(8-10-14)12-5-4-6-12/h7-12,16,20H,4-6H2,1-3H3. The lowest BCUT2D eigenvalue weighted by atomic mass is 9.80. The zero-order valence-electron chi connectivity index (χ0n) is 13.0. The highest BCUT2D eigenvalue weighted by Gasteiger charge is 2.22.